The molecule has 1 aromatic heterocycles. The Hall–Kier alpha value is -2.87. The molecule has 3 aromatic rings. The van der Waals surface area contributed by atoms with Crippen molar-refractivity contribution in [2.24, 2.45) is 0 Å². The van der Waals surface area contributed by atoms with Crippen LogP contribution in [0.3, 0.4) is 0 Å². The number of hydrogen-bond donors (Lipinski definition) is 3. The van der Waals surface area contributed by atoms with Crippen molar-refractivity contribution in [2.75, 3.05) is 4.72 Å². The first-order valence-corrected chi connectivity index (χ1v) is 7.98. The molecule has 1 heterocycles. The third kappa shape index (κ3) is 2.76. The summed E-state index contributed by atoms with van der Waals surface area (Å²) in [6.07, 6.45) is 1.67. The first kappa shape index (κ1) is 15.0. The summed E-state index contributed by atoms with van der Waals surface area (Å²) in [6.45, 7) is 0. The zero-order chi connectivity index (χ0) is 16.6. The van der Waals surface area contributed by atoms with E-state index in [1.807, 2.05) is 0 Å². The van der Waals surface area contributed by atoms with Gasteiger partial charge in [-0.05, 0) is 36.4 Å². The van der Waals surface area contributed by atoms with Gasteiger partial charge in [-0.2, -0.15) is 0 Å². The molecule has 6 nitrogen and oxygen atoms in total. The van der Waals surface area contributed by atoms with Crippen LogP contribution in [-0.4, -0.2) is 24.5 Å². The number of anilines is 1. The van der Waals surface area contributed by atoms with Gasteiger partial charge in [0.25, 0.3) is 10.0 Å². The molecule has 0 atom stereocenters. The second kappa shape index (κ2) is 5.40. The van der Waals surface area contributed by atoms with E-state index in [2.05, 4.69) is 9.71 Å². The van der Waals surface area contributed by atoms with Gasteiger partial charge < -0.3 is 10.1 Å². The number of rotatable bonds is 4. The van der Waals surface area contributed by atoms with Crippen LogP contribution in [-0.2, 0) is 10.0 Å². The van der Waals surface area contributed by atoms with Crippen molar-refractivity contribution < 1.29 is 22.7 Å². The lowest BCUT2D eigenvalue weighted by atomic mass is 10.2. The highest BCUT2D eigenvalue weighted by Gasteiger charge is 2.20. The second-order valence-electron chi connectivity index (χ2n) is 4.80. The number of carboxylic acid groups (broad SMARTS) is 1. The third-order valence-corrected chi connectivity index (χ3v) is 4.68. The number of benzene rings is 2. The minimum absolute atomic E-state index is 0.330. The van der Waals surface area contributed by atoms with Crippen molar-refractivity contribution in [3.8, 4) is 0 Å². The maximum Gasteiger partial charge on any atom is 0.338 e. The lowest BCUT2D eigenvalue weighted by Gasteiger charge is -2.10. The van der Waals surface area contributed by atoms with E-state index >= 15 is 0 Å². The maximum absolute atomic E-state index is 13.4. The van der Waals surface area contributed by atoms with Crippen LogP contribution in [0.5, 0.6) is 0 Å². The van der Waals surface area contributed by atoms with Gasteiger partial charge in [-0.15, -0.1) is 0 Å². The zero-order valence-electron chi connectivity index (χ0n) is 11.6. The van der Waals surface area contributed by atoms with Crippen LogP contribution in [0.15, 0.2) is 53.6 Å². The smallest absolute Gasteiger partial charge is 0.338 e. The molecule has 0 saturated carbocycles. The van der Waals surface area contributed by atoms with E-state index in [9.17, 15) is 17.6 Å². The number of hydrogen-bond acceptors (Lipinski definition) is 3. The fourth-order valence-electron chi connectivity index (χ4n) is 2.21. The van der Waals surface area contributed by atoms with Crippen molar-refractivity contribution >= 4 is 32.6 Å². The molecule has 0 unspecified atom stereocenters. The average molecular weight is 334 g/mol. The van der Waals surface area contributed by atoms with E-state index in [0.29, 0.717) is 11.1 Å². The Morgan fingerprint density at radius 3 is 2.70 bits per heavy atom. The summed E-state index contributed by atoms with van der Waals surface area (Å²) < 4.78 is 40.6. The predicted octanol–water partition coefficient (Wildman–Crippen LogP) is 2.81. The number of H-pyrrole nitrogens is 1. The lowest BCUT2D eigenvalue weighted by molar-refractivity contribution is 0.0691. The molecular weight excluding hydrogens is 323 g/mol. The molecule has 0 radical (unpaired) electrons. The molecule has 0 fully saturated rings. The van der Waals surface area contributed by atoms with Gasteiger partial charge in [0.05, 0.1) is 16.1 Å². The van der Waals surface area contributed by atoms with E-state index < -0.39 is 27.4 Å². The molecule has 2 aromatic carbocycles. The Labute approximate surface area is 130 Å². The van der Waals surface area contributed by atoms with Crippen LogP contribution in [0.2, 0.25) is 0 Å². The molecule has 0 saturated heterocycles. The molecule has 0 aliphatic heterocycles. The molecule has 0 aliphatic carbocycles. The van der Waals surface area contributed by atoms with Crippen LogP contribution in [0.1, 0.15) is 10.4 Å². The van der Waals surface area contributed by atoms with Crippen LogP contribution >= 0.6 is 0 Å². The number of fused-ring (bicyclic) bond motifs is 1. The zero-order valence-corrected chi connectivity index (χ0v) is 12.4. The number of aromatic nitrogens is 1. The molecule has 8 heteroatoms. The summed E-state index contributed by atoms with van der Waals surface area (Å²) >= 11 is 0. The normalized spacial score (nSPS) is 11.5. The van der Waals surface area contributed by atoms with Gasteiger partial charge in [-0.25, -0.2) is 17.6 Å². The number of sulfonamides is 1. The summed E-state index contributed by atoms with van der Waals surface area (Å²) in [4.78, 5) is 13.6. The topological polar surface area (TPSA) is 99.3 Å². The number of aromatic carboxylic acids is 1. The number of nitrogens with one attached hydrogen (secondary N) is 2. The van der Waals surface area contributed by atoms with Gasteiger partial charge in [-0.1, -0.05) is 6.07 Å². The van der Waals surface area contributed by atoms with E-state index in [1.54, 1.807) is 30.5 Å². The number of halogens is 1. The van der Waals surface area contributed by atoms with Gasteiger partial charge in [-0.3, -0.25) is 4.72 Å². The van der Waals surface area contributed by atoms with Crippen molar-refractivity contribution in [3.63, 3.8) is 0 Å². The van der Waals surface area contributed by atoms with E-state index in [0.717, 1.165) is 23.7 Å². The standard InChI is InChI=1S/C15H11FN2O4S/c16-12-5-4-9(8-11(12)15(19)20)23(21,22)18-14-3-1-2-13-10(14)6-7-17-13/h1-8,17-18H,(H,19,20). The fourth-order valence-corrected chi connectivity index (χ4v) is 3.32. The van der Waals surface area contributed by atoms with E-state index in [1.165, 1.54) is 0 Å². The summed E-state index contributed by atoms with van der Waals surface area (Å²) in [5.74, 6) is -2.53. The predicted molar refractivity (Wildman–Crippen MR) is 82.5 cm³/mol. The molecule has 0 amide bonds. The maximum atomic E-state index is 13.4. The Morgan fingerprint density at radius 1 is 1.17 bits per heavy atom. The molecule has 118 valence electrons. The average Bonchev–Trinajstić information content (AvgIpc) is 2.96. The minimum atomic E-state index is -4.05. The van der Waals surface area contributed by atoms with E-state index in [-0.39, 0.29) is 4.90 Å². The molecule has 3 rings (SSSR count). The van der Waals surface area contributed by atoms with Crippen molar-refractivity contribution in [3.05, 3.63) is 60.0 Å². The van der Waals surface area contributed by atoms with Gasteiger partial charge >= 0.3 is 5.97 Å². The van der Waals surface area contributed by atoms with Crippen LogP contribution in [0, 0.1) is 5.82 Å². The molecular formula is C15H11FN2O4S. The molecule has 0 aliphatic rings. The van der Waals surface area contributed by atoms with Crippen molar-refractivity contribution in [1.82, 2.24) is 4.98 Å². The van der Waals surface area contributed by atoms with Crippen LogP contribution in [0.25, 0.3) is 10.9 Å². The minimum Gasteiger partial charge on any atom is -0.478 e. The largest absolute Gasteiger partial charge is 0.478 e. The van der Waals surface area contributed by atoms with Crippen molar-refractivity contribution in [2.45, 2.75) is 4.90 Å². The van der Waals surface area contributed by atoms with Gasteiger partial charge in [0.2, 0.25) is 0 Å². The van der Waals surface area contributed by atoms with E-state index in [4.69, 9.17) is 5.11 Å². The first-order valence-electron chi connectivity index (χ1n) is 6.50. The highest BCUT2D eigenvalue weighted by molar-refractivity contribution is 7.92. The first-order chi connectivity index (χ1) is 10.9. The second-order valence-corrected chi connectivity index (χ2v) is 6.48. The van der Waals surface area contributed by atoms with Gasteiger partial charge in [0.15, 0.2) is 0 Å². The number of aromatic amines is 1. The summed E-state index contributed by atoms with van der Waals surface area (Å²) in [6, 6.07) is 9.36. The van der Waals surface area contributed by atoms with Gasteiger partial charge in [0.1, 0.15) is 5.82 Å². The Bertz CT molecular complexity index is 1010. The summed E-state index contributed by atoms with van der Waals surface area (Å²) in [7, 11) is -4.05. The number of carboxylic acids is 1. The summed E-state index contributed by atoms with van der Waals surface area (Å²) in [5, 5.41) is 9.56. The third-order valence-electron chi connectivity index (χ3n) is 3.32. The Kier molecular flexibility index (Phi) is 3.53. The van der Waals surface area contributed by atoms with Crippen LogP contribution < -0.4 is 4.72 Å². The van der Waals surface area contributed by atoms with Gasteiger partial charge in [0, 0.05) is 17.1 Å². The highest BCUT2D eigenvalue weighted by atomic mass is 32.2. The highest BCUT2D eigenvalue weighted by Crippen LogP contribution is 2.25. The molecule has 0 spiro atoms. The Morgan fingerprint density at radius 2 is 1.96 bits per heavy atom. The van der Waals surface area contributed by atoms with Crippen molar-refractivity contribution in [1.29, 1.82) is 0 Å². The summed E-state index contributed by atoms with van der Waals surface area (Å²) in [5.41, 5.74) is 0.383. The molecule has 23 heavy (non-hydrogen) atoms. The SMILES string of the molecule is O=C(O)c1cc(S(=O)(=O)Nc2cccc3[nH]ccc23)ccc1F. The van der Waals surface area contributed by atoms with Crippen LogP contribution in [0.4, 0.5) is 10.1 Å². The quantitative estimate of drug-likeness (QED) is 0.683. The molecule has 0 bridgehead atoms. The Balaban J connectivity index is 2.04. The lowest BCUT2D eigenvalue weighted by Crippen LogP contribution is -2.14. The molecule has 3 N–H and O–H groups in total. The monoisotopic (exact) mass is 334 g/mol. The fraction of sp³-hybridized carbons (Fsp3) is 0. The number of carbonyl (C=O) groups is 1.